The number of amides is 2. The zero-order chi connectivity index (χ0) is 17.1. The van der Waals surface area contributed by atoms with E-state index in [0.717, 1.165) is 0 Å². The number of benzene rings is 2. The molecule has 0 unspecified atom stereocenters. The van der Waals surface area contributed by atoms with Crippen molar-refractivity contribution in [3.8, 4) is 11.5 Å². The van der Waals surface area contributed by atoms with Gasteiger partial charge in [0.2, 0.25) is 0 Å². The molecular formula is C18H18N2O4. The molecule has 1 aliphatic rings. The van der Waals surface area contributed by atoms with E-state index >= 15 is 0 Å². The largest absolute Gasteiger partial charge is 0.508 e. The van der Waals surface area contributed by atoms with Gasteiger partial charge in [-0.25, -0.2) is 0 Å². The Morgan fingerprint density at radius 3 is 1.42 bits per heavy atom. The van der Waals surface area contributed by atoms with E-state index in [1.165, 1.54) is 24.3 Å². The highest BCUT2D eigenvalue weighted by Crippen LogP contribution is 2.17. The molecule has 1 heterocycles. The Morgan fingerprint density at radius 2 is 1.08 bits per heavy atom. The van der Waals surface area contributed by atoms with Crippen LogP contribution < -0.4 is 0 Å². The molecule has 2 aromatic rings. The van der Waals surface area contributed by atoms with E-state index in [0.29, 0.717) is 37.3 Å². The van der Waals surface area contributed by atoms with E-state index in [9.17, 15) is 19.8 Å². The zero-order valence-corrected chi connectivity index (χ0v) is 13.1. The van der Waals surface area contributed by atoms with E-state index < -0.39 is 0 Å². The van der Waals surface area contributed by atoms with Crippen LogP contribution in [0.2, 0.25) is 0 Å². The van der Waals surface area contributed by atoms with Crippen molar-refractivity contribution < 1.29 is 19.8 Å². The minimum Gasteiger partial charge on any atom is -0.508 e. The molecular weight excluding hydrogens is 308 g/mol. The fourth-order valence-electron chi connectivity index (χ4n) is 2.76. The van der Waals surface area contributed by atoms with Crippen molar-refractivity contribution in [2.24, 2.45) is 0 Å². The molecule has 0 saturated carbocycles. The quantitative estimate of drug-likeness (QED) is 0.880. The summed E-state index contributed by atoms with van der Waals surface area (Å²) in [4.78, 5) is 28.2. The number of carbonyl (C=O) groups is 2. The van der Waals surface area contributed by atoms with Crippen LogP contribution in [-0.4, -0.2) is 58.0 Å². The first-order valence-electron chi connectivity index (χ1n) is 7.71. The molecule has 1 saturated heterocycles. The van der Waals surface area contributed by atoms with Gasteiger partial charge in [0.1, 0.15) is 11.5 Å². The average molecular weight is 326 g/mol. The lowest BCUT2D eigenvalue weighted by Crippen LogP contribution is -2.50. The highest BCUT2D eigenvalue weighted by molar-refractivity contribution is 5.96. The summed E-state index contributed by atoms with van der Waals surface area (Å²) < 4.78 is 0. The summed E-state index contributed by atoms with van der Waals surface area (Å²) in [5.41, 5.74) is 0.866. The maximum atomic E-state index is 12.4. The van der Waals surface area contributed by atoms with Crippen LogP contribution in [0.25, 0.3) is 0 Å². The summed E-state index contributed by atoms with van der Waals surface area (Å²) in [5.74, 6) is -0.206. The summed E-state index contributed by atoms with van der Waals surface area (Å²) in [6, 6.07) is 12.5. The Kier molecular flexibility index (Phi) is 4.37. The van der Waals surface area contributed by atoms with Crippen LogP contribution in [0.5, 0.6) is 11.5 Å². The Morgan fingerprint density at radius 1 is 0.708 bits per heavy atom. The lowest BCUT2D eigenvalue weighted by Gasteiger charge is -2.34. The van der Waals surface area contributed by atoms with Gasteiger partial charge in [0.05, 0.1) is 0 Å². The SMILES string of the molecule is O=C(c1cccc(O)c1)N1CCN(C(=O)c2cccc(O)c2)CC1. The maximum absolute atomic E-state index is 12.4. The number of piperazine rings is 1. The van der Waals surface area contributed by atoms with Crippen LogP contribution >= 0.6 is 0 Å². The number of hydrogen-bond acceptors (Lipinski definition) is 4. The predicted octanol–water partition coefficient (Wildman–Crippen LogP) is 1.70. The molecule has 0 aliphatic carbocycles. The molecule has 6 nitrogen and oxygen atoms in total. The third-order valence-corrected chi connectivity index (χ3v) is 4.04. The molecule has 3 rings (SSSR count). The predicted molar refractivity (Wildman–Crippen MR) is 88.0 cm³/mol. The van der Waals surface area contributed by atoms with Crippen LogP contribution in [-0.2, 0) is 0 Å². The smallest absolute Gasteiger partial charge is 0.254 e. The van der Waals surface area contributed by atoms with Gasteiger partial charge in [0.25, 0.3) is 11.8 Å². The first-order chi connectivity index (χ1) is 11.5. The molecule has 0 spiro atoms. The van der Waals surface area contributed by atoms with E-state index in [4.69, 9.17) is 0 Å². The van der Waals surface area contributed by atoms with Crippen molar-refractivity contribution in [2.45, 2.75) is 0 Å². The lowest BCUT2D eigenvalue weighted by atomic mass is 10.1. The molecule has 24 heavy (non-hydrogen) atoms. The second-order valence-electron chi connectivity index (χ2n) is 5.69. The van der Waals surface area contributed by atoms with Gasteiger partial charge in [0.15, 0.2) is 0 Å². The van der Waals surface area contributed by atoms with Crippen LogP contribution in [0.4, 0.5) is 0 Å². The number of carbonyl (C=O) groups excluding carboxylic acids is 2. The van der Waals surface area contributed by atoms with Gasteiger partial charge >= 0.3 is 0 Å². The van der Waals surface area contributed by atoms with Crippen molar-refractivity contribution in [2.75, 3.05) is 26.2 Å². The monoisotopic (exact) mass is 326 g/mol. The molecule has 124 valence electrons. The van der Waals surface area contributed by atoms with Crippen molar-refractivity contribution in [1.82, 2.24) is 9.80 Å². The minimum atomic E-state index is -0.157. The van der Waals surface area contributed by atoms with Gasteiger partial charge in [0, 0.05) is 37.3 Å². The Hall–Kier alpha value is -3.02. The van der Waals surface area contributed by atoms with Gasteiger partial charge in [-0.05, 0) is 36.4 Å². The number of phenolic OH excluding ortho intramolecular Hbond substituents is 2. The van der Waals surface area contributed by atoms with Crippen molar-refractivity contribution >= 4 is 11.8 Å². The fraction of sp³-hybridized carbons (Fsp3) is 0.222. The first kappa shape index (κ1) is 15.9. The topological polar surface area (TPSA) is 81.1 Å². The van der Waals surface area contributed by atoms with Gasteiger partial charge in [-0.2, -0.15) is 0 Å². The molecule has 2 amide bonds. The normalized spacial score (nSPS) is 14.5. The molecule has 0 bridgehead atoms. The summed E-state index contributed by atoms with van der Waals surface area (Å²) in [5, 5.41) is 19.0. The molecule has 0 aromatic heterocycles. The van der Waals surface area contributed by atoms with E-state index in [1.54, 1.807) is 34.1 Å². The van der Waals surface area contributed by atoms with Crippen molar-refractivity contribution in [3.63, 3.8) is 0 Å². The number of nitrogens with zero attached hydrogens (tertiary/aromatic N) is 2. The van der Waals surface area contributed by atoms with Crippen LogP contribution in [0.1, 0.15) is 20.7 Å². The van der Waals surface area contributed by atoms with Crippen molar-refractivity contribution in [3.05, 3.63) is 59.7 Å². The summed E-state index contributed by atoms with van der Waals surface area (Å²) in [6.45, 7) is 1.72. The molecule has 1 aliphatic heterocycles. The number of hydrogen-bond donors (Lipinski definition) is 2. The van der Waals surface area contributed by atoms with E-state index in [-0.39, 0.29) is 23.3 Å². The number of phenols is 2. The third-order valence-electron chi connectivity index (χ3n) is 4.04. The minimum absolute atomic E-state index is 0.0542. The summed E-state index contributed by atoms with van der Waals surface area (Å²) in [7, 11) is 0. The first-order valence-corrected chi connectivity index (χ1v) is 7.71. The Labute approximate surface area is 139 Å². The van der Waals surface area contributed by atoms with E-state index in [1.807, 2.05) is 0 Å². The van der Waals surface area contributed by atoms with Crippen LogP contribution in [0.15, 0.2) is 48.5 Å². The molecule has 2 N–H and O–H groups in total. The molecule has 0 radical (unpaired) electrons. The maximum Gasteiger partial charge on any atom is 0.254 e. The third kappa shape index (κ3) is 3.32. The lowest BCUT2D eigenvalue weighted by molar-refractivity contribution is 0.0535. The Balaban J connectivity index is 1.63. The highest BCUT2D eigenvalue weighted by Gasteiger charge is 2.25. The Bertz CT molecular complexity index is 702. The van der Waals surface area contributed by atoms with Crippen molar-refractivity contribution in [1.29, 1.82) is 0 Å². The fourth-order valence-corrected chi connectivity index (χ4v) is 2.76. The molecule has 0 atom stereocenters. The second kappa shape index (κ2) is 6.62. The molecule has 1 fully saturated rings. The molecule has 6 heteroatoms. The van der Waals surface area contributed by atoms with Gasteiger partial charge < -0.3 is 20.0 Å². The average Bonchev–Trinajstić information content (AvgIpc) is 2.60. The highest BCUT2D eigenvalue weighted by atomic mass is 16.3. The number of rotatable bonds is 2. The summed E-state index contributed by atoms with van der Waals surface area (Å²) in [6.07, 6.45) is 0. The van der Waals surface area contributed by atoms with Gasteiger partial charge in [-0.3, -0.25) is 9.59 Å². The zero-order valence-electron chi connectivity index (χ0n) is 13.1. The van der Waals surface area contributed by atoms with Gasteiger partial charge in [-0.1, -0.05) is 12.1 Å². The molecule has 2 aromatic carbocycles. The summed E-state index contributed by atoms with van der Waals surface area (Å²) >= 11 is 0. The second-order valence-corrected chi connectivity index (χ2v) is 5.69. The van der Waals surface area contributed by atoms with Gasteiger partial charge in [-0.15, -0.1) is 0 Å². The van der Waals surface area contributed by atoms with Crippen LogP contribution in [0.3, 0.4) is 0 Å². The van der Waals surface area contributed by atoms with Crippen LogP contribution in [0, 0.1) is 0 Å². The standard InChI is InChI=1S/C18H18N2O4/c21-15-5-1-3-13(11-15)17(23)19-7-9-20(10-8-19)18(24)14-4-2-6-16(22)12-14/h1-6,11-12,21-22H,7-10H2. The number of aromatic hydroxyl groups is 2. The van der Waals surface area contributed by atoms with E-state index in [2.05, 4.69) is 0 Å².